The summed E-state index contributed by atoms with van der Waals surface area (Å²) in [5.41, 5.74) is 4.01. The molecule has 0 unspecified atom stereocenters. The molecule has 0 saturated heterocycles. The quantitative estimate of drug-likeness (QED) is 0.670. The summed E-state index contributed by atoms with van der Waals surface area (Å²) in [5, 5.41) is 0. The normalized spacial score (nSPS) is 14.9. The number of hydrogen-bond acceptors (Lipinski definition) is 1. The molecule has 1 aromatic rings. The van der Waals surface area contributed by atoms with E-state index in [2.05, 4.69) is 49.2 Å². The summed E-state index contributed by atoms with van der Waals surface area (Å²) in [7, 11) is 0. The maximum absolute atomic E-state index is 4.18. The van der Waals surface area contributed by atoms with E-state index in [0.717, 1.165) is 6.54 Å². The van der Waals surface area contributed by atoms with Gasteiger partial charge < -0.3 is 0 Å². The molecule has 72 valence electrons. The molecule has 0 spiro atoms. The predicted molar refractivity (Wildman–Crippen MR) is 61.9 cm³/mol. The molecule has 0 saturated carbocycles. The van der Waals surface area contributed by atoms with Gasteiger partial charge in [-0.25, -0.2) is 0 Å². The number of rotatable bonds is 2. The number of aliphatic imine (C=N–C) groups is 1. The Bertz CT molecular complexity index is 369. The molecule has 0 amide bonds. The zero-order valence-corrected chi connectivity index (χ0v) is 8.70. The van der Waals surface area contributed by atoms with Crippen molar-refractivity contribution in [3.05, 3.63) is 41.5 Å². The molecular weight excluding hydrogens is 170 g/mol. The van der Waals surface area contributed by atoms with Crippen molar-refractivity contribution >= 4 is 11.8 Å². The Kier molecular flexibility index (Phi) is 2.49. The van der Waals surface area contributed by atoms with E-state index in [9.17, 15) is 0 Å². The van der Waals surface area contributed by atoms with Crippen LogP contribution in [0, 0.1) is 0 Å². The second-order valence-corrected chi connectivity index (χ2v) is 3.96. The third kappa shape index (κ3) is 1.77. The van der Waals surface area contributed by atoms with Crippen molar-refractivity contribution in [2.75, 3.05) is 6.54 Å². The van der Waals surface area contributed by atoms with Gasteiger partial charge in [-0.1, -0.05) is 38.1 Å². The Morgan fingerprint density at radius 3 is 2.36 bits per heavy atom. The predicted octanol–water partition coefficient (Wildman–Crippen LogP) is 3.28. The highest BCUT2D eigenvalue weighted by Gasteiger charge is 2.04. The van der Waals surface area contributed by atoms with Gasteiger partial charge in [-0.2, -0.15) is 0 Å². The molecule has 1 aliphatic heterocycles. The van der Waals surface area contributed by atoms with Crippen molar-refractivity contribution in [1.82, 2.24) is 0 Å². The minimum atomic E-state index is 0.609. The van der Waals surface area contributed by atoms with Gasteiger partial charge in [0.2, 0.25) is 0 Å². The number of hydrogen-bond donors (Lipinski definition) is 0. The lowest BCUT2D eigenvalue weighted by atomic mass is 9.99. The summed E-state index contributed by atoms with van der Waals surface area (Å²) < 4.78 is 0. The highest BCUT2D eigenvalue weighted by atomic mass is 14.7. The highest BCUT2D eigenvalue weighted by molar-refractivity contribution is 5.89. The minimum absolute atomic E-state index is 0.609. The van der Waals surface area contributed by atoms with Crippen LogP contribution in [0.1, 0.15) is 30.9 Å². The van der Waals surface area contributed by atoms with Crippen LogP contribution < -0.4 is 0 Å². The molecule has 0 bridgehead atoms. The Hall–Kier alpha value is -1.37. The van der Waals surface area contributed by atoms with Crippen LogP contribution >= 0.6 is 0 Å². The van der Waals surface area contributed by atoms with Crippen molar-refractivity contribution in [2.24, 2.45) is 4.99 Å². The first-order valence-corrected chi connectivity index (χ1v) is 5.06. The smallest absolute Gasteiger partial charge is 0.0646 e. The fourth-order valence-corrected chi connectivity index (χ4v) is 1.62. The Morgan fingerprint density at radius 2 is 1.86 bits per heavy atom. The molecule has 0 aliphatic carbocycles. The van der Waals surface area contributed by atoms with Crippen molar-refractivity contribution in [3.8, 4) is 0 Å². The molecule has 0 N–H and O–H groups in total. The zero-order valence-electron chi connectivity index (χ0n) is 8.70. The van der Waals surface area contributed by atoms with Gasteiger partial charge in [0.05, 0.1) is 6.54 Å². The van der Waals surface area contributed by atoms with E-state index >= 15 is 0 Å². The van der Waals surface area contributed by atoms with Crippen LogP contribution in [0.5, 0.6) is 0 Å². The van der Waals surface area contributed by atoms with Gasteiger partial charge in [-0.3, -0.25) is 4.99 Å². The fraction of sp³-hybridized carbons (Fsp3) is 0.308. The summed E-state index contributed by atoms with van der Waals surface area (Å²) in [6.07, 6.45) is 3.97. The van der Waals surface area contributed by atoms with Crippen molar-refractivity contribution in [1.29, 1.82) is 0 Å². The van der Waals surface area contributed by atoms with Crippen LogP contribution in [0.15, 0.2) is 35.3 Å². The fourth-order valence-electron chi connectivity index (χ4n) is 1.62. The monoisotopic (exact) mass is 185 g/mol. The summed E-state index contributed by atoms with van der Waals surface area (Å²) in [6, 6.07) is 8.80. The van der Waals surface area contributed by atoms with Gasteiger partial charge in [-0.15, -0.1) is 0 Å². The first kappa shape index (κ1) is 9.20. The van der Waals surface area contributed by atoms with Crippen LogP contribution in [0.25, 0.3) is 5.57 Å². The Labute approximate surface area is 85.2 Å². The molecule has 0 fully saturated rings. The average molecular weight is 185 g/mol. The second-order valence-electron chi connectivity index (χ2n) is 3.96. The van der Waals surface area contributed by atoms with Gasteiger partial charge in [0.25, 0.3) is 0 Å². The maximum Gasteiger partial charge on any atom is 0.0646 e. The Balaban J connectivity index is 2.22. The summed E-state index contributed by atoms with van der Waals surface area (Å²) >= 11 is 0. The zero-order chi connectivity index (χ0) is 9.97. The van der Waals surface area contributed by atoms with Crippen molar-refractivity contribution in [3.63, 3.8) is 0 Å². The third-order valence-corrected chi connectivity index (χ3v) is 2.59. The summed E-state index contributed by atoms with van der Waals surface area (Å²) in [4.78, 5) is 4.18. The molecular formula is C13H15N. The molecule has 0 aromatic heterocycles. The molecule has 1 aliphatic rings. The first-order valence-electron chi connectivity index (χ1n) is 5.06. The lowest BCUT2D eigenvalue weighted by Crippen LogP contribution is -1.89. The van der Waals surface area contributed by atoms with Crippen LogP contribution in [-0.4, -0.2) is 12.8 Å². The summed E-state index contributed by atoms with van der Waals surface area (Å²) in [6.45, 7) is 5.26. The molecule has 14 heavy (non-hydrogen) atoms. The molecule has 0 radical (unpaired) electrons. The molecule has 2 rings (SSSR count). The van der Waals surface area contributed by atoms with E-state index < -0.39 is 0 Å². The van der Waals surface area contributed by atoms with Crippen molar-refractivity contribution in [2.45, 2.75) is 19.8 Å². The van der Waals surface area contributed by atoms with Gasteiger partial charge in [0.1, 0.15) is 0 Å². The maximum atomic E-state index is 4.18. The van der Waals surface area contributed by atoms with Gasteiger partial charge in [-0.05, 0) is 28.7 Å². The van der Waals surface area contributed by atoms with E-state index in [1.165, 1.54) is 16.7 Å². The lowest BCUT2D eigenvalue weighted by Gasteiger charge is -2.06. The standard InChI is InChI=1S/C13H15N/c1-10(2)11-3-5-12(6-4-11)13-7-8-14-9-13/h3-8,10H,9H2,1-2H3. The van der Waals surface area contributed by atoms with Crippen LogP contribution in [0.4, 0.5) is 0 Å². The van der Waals surface area contributed by atoms with Crippen LogP contribution in [-0.2, 0) is 0 Å². The summed E-state index contributed by atoms with van der Waals surface area (Å²) in [5.74, 6) is 0.609. The number of allylic oxidation sites excluding steroid dienone is 1. The average Bonchev–Trinajstić information content (AvgIpc) is 2.71. The van der Waals surface area contributed by atoms with Gasteiger partial charge in [0.15, 0.2) is 0 Å². The highest BCUT2D eigenvalue weighted by Crippen LogP contribution is 2.20. The number of nitrogens with zero attached hydrogens (tertiary/aromatic N) is 1. The number of benzene rings is 1. The molecule has 1 heteroatoms. The van der Waals surface area contributed by atoms with E-state index in [4.69, 9.17) is 0 Å². The van der Waals surface area contributed by atoms with Crippen molar-refractivity contribution < 1.29 is 0 Å². The lowest BCUT2D eigenvalue weighted by molar-refractivity contribution is 0.866. The molecule has 1 heterocycles. The van der Waals surface area contributed by atoms with E-state index in [0.29, 0.717) is 5.92 Å². The third-order valence-electron chi connectivity index (χ3n) is 2.59. The Morgan fingerprint density at radius 1 is 1.14 bits per heavy atom. The van der Waals surface area contributed by atoms with Gasteiger partial charge in [0, 0.05) is 6.21 Å². The topological polar surface area (TPSA) is 12.4 Å². The molecule has 1 nitrogen and oxygen atoms in total. The van der Waals surface area contributed by atoms with E-state index in [1.807, 2.05) is 6.21 Å². The van der Waals surface area contributed by atoms with Gasteiger partial charge >= 0.3 is 0 Å². The first-order chi connectivity index (χ1) is 6.77. The largest absolute Gasteiger partial charge is 0.288 e. The molecule has 1 aromatic carbocycles. The van der Waals surface area contributed by atoms with Crippen LogP contribution in [0.2, 0.25) is 0 Å². The SMILES string of the molecule is CC(C)c1ccc(C2=CC=NC2)cc1. The molecule has 0 atom stereocenters. The van der Waals surface area contributed by atoms with E-state index in [1.54, 1.807) is 0 Å². The van der Waals surface area contributed by atoms with E-state index in [-0.39, 0.29) is 0 Å². The minimum Gasteiger partial charge on any atom is -0.288 e. The second kappa shape index (κ2) is 3.79. The van der Waals surface area contributed by atoms with Crippen LogP contribution in [0.3, 0.4) is 0 Å².